The summed E-state index contributed by atoms with van der Waals surface area (Å²) in [5.74, 6) is 0. The molecule has 0 bridgehead atoms. The van der Waals surface area contributed by atoms with Gasteiger partial charge in [0.05, 0.1) is 22.3 Å². The molecule has 0 aliphatic rings. The Labute approximate surface area is 134 Å². The molecule has 0 atom stereocenters. The molecule has 2 aromatic heterocycles. The number of fused-ring (bicyclic) bond motifs is 2. The monoisotopic (exact) mass is 302 g/mol. The van der Waals surface area contributed by atoms with Crippen molar-refractivity contribution in [2.24, 2.45) is 7.05 Å². The van der Waals surface area contributed by atoms with Crippen LogP contribution in [0.4, 0.5) is 5.69 Å². The largest absolute Gasteiger partial charge is 0.380 e. The van der Waals surface area contributed by atoms with Crippen molar-refractivity contribution in [1.29, 1.82) is 0 Å². The van der Waals surface area contributed by atoms with Gasteiger partial charge in [-0.3, -0.25) is 4.68 Å². The molecule has 0 unspecified atom stereocenters. The van der Waals surface area contributed by atoms with E-state index in [2.05, 4.69) is 46.8 Å². The summed E-state index contributed by atoms with van der Waals surface area (Å²) in [5, 5.41) is 10.4. The molecule has 4 aromatic rings. The number of para-hydroxylation sites is 1. The Morgan fingerprint density at radius 3 is 2.57 bits per heavy atom. The lowest BCUT2D eigenvalue weighted by Crippen LogP contribution is -2.02. The van der Waals surface area contributed by atoms with Gasteiger partial charge in [-0.2, -0.15) is 5.10 Å². The van der Waals surface area contributed by atoms with E-state index in [-0.39, 0.29) is 0 Å². The number of hydrogen-bond donors (Lipinski definition) is 1. The van der Waals surface area contributed by atoms with Gasteiger partial charge in [0, 0.05) is 19.0 Å². The summed E-state index contributed by atoms with van der Waals surface area (Å²) in [5.41, 5.74) is 5.26. The second-order valence-corrected chi connectivity index (χ2v) is 5.75. The van der Waals surface area contributed by atoms with E-state index in [9.17, 15) is 0 Å². The lowest BCUT2D eigenvalue weighted by atomic mass is 10.1. The minimum Gasteiger partial charge on any atom is -0.380 e. The number of pyridine rings is 1. The Balaban J connectivity index is 1.90. The summed E-state index contributed by atoms with van der Waals surface area (Å²) in [6, 6.07) is 18.6. The number of nitrogens with zero attached hydrogens (tertiary/aromatic N) is 3. The first-order valence-electron chi connectivity index (χ1n) is 7.74. The maximum Gasteiger partial charge on any atom is 0.160 e. The van der Waals surface area contributed by atoms with Gasteiger partial charge >= 0.3 is 0 Å². The maximum atomic E-state index is 4.77. The maximum absolute atomic E-state index is 4.77. The zero-order valence-corrected chi connectivity index (χ0v) is 13.2. The molecule has 4 nitrogen and oxygen atoms in total. The molecule has 0 aliphatic heterocycles. The normalized spacial score (nSPS) is 11.2. The summed E-state index contributed by atoms with van der Waals surface area (Å²) in [4.78, 5) is 4.77. The van der Waals surface area contributed by atoms with Gasteiger partial charge in [0.15, 0.2) is 5.65 Å². The zero-order valence-electron chi connectivity index (χ0n) is 13.2. The fourth-order valence-corrected chi connectivity index (χ4v) is 3.07. The lowest BCUT2D eigenvalue weighted by molar-refractivity contribution is 0.775. The molecule has 2 heterocycles. The van der Waals surface area contributed by atoms with Crippen molar-refractivity contribution < 1.29 is 0 Å². The van der Waals surface area contributed by atoms with E-state index in [1.54, 1.807) is 0 Å². The van der Waals surface area contributed by atoms with Crippen LogP contribution in [0, 0.1) is 6.92 Å². The van der Waals surface area contributed by atoms with Crippen LogP contribution in [0.1, 0.15) is 11.3 Å². The molecule has 0 saturated heterocycles. The van der Waals surface area contributed by atoms with E-state index in [0.29, 0.717) is 0 Å². The SMILES string of the molecule is Cc1nn(C)c2nc3ccccc3c(NCc3ccccc3)c12. The predicted molar refractivity (Wildman–Crippen MR) is 94.5 cm³/mol. The highest BCUT2D eigenvalue weighted by Crippen LogP contribution is 2.32. The van der Waals surface area contributed by atoms with Gasteiger partial charge in [0.25, 0.3) is 0 Å². The van der Waals surface area contributed by atoms with Crippen LogP contribution in [0.3, 0.4) is 0 Å². The highest BCUT2D eigenvalue weighted by atomic mass is 15.3. The fraction of sp³-hybridized carbons (Fsp3) is 0.158. The van der Waals surface area contributed by atoms with Crippen molar-refractivity contribution in [2.45, 2.75) is 13.5 Å². The Hall–Kier alpha value is -2.88. The lowest BCUT2D eigenvalue weighted by Gasteiger charge is -2.12. The number of anilines is 1. The molecule has 23 heavy (non-hydrogen) atoms. The van der Waals surface area contributed by atoms with E-state index in [4.69, 9.17) is 4.98 Å². The second kappa shape index (κ2) is 5.39. The van der Waals surface area contributed by atoms with Gasteiger partial charge < -0.3 is 5.32 Å². The van der Waals surface area contributed by atoms with E-state index < -0.39 is 0 Å². The van der Waals surface area contributed by atoms with Gasteiger partial charge in [-0.25, -0.2) is 4.98 Å². The van der Waals surface area contributed by atoms with E-state index in [1.165, 1.54) is 5.56 Å². The van der Waals surface area contributed by atoms with Crippen LogP contribution in [0.2, 0.25) is 0 Å². The molecule has 0 radical (unpaired) electrons. The third-order valence-electron chi connectivity index (χ3n) is 4.15. The van der Waals surface area contributed by atoms with Gasteiger partial charge in [0.2, 0.25) is 0 Å². The number of aryl methyl sites for hydroxylation is 2. The third kappa shape index (κ3) is 2.32. The van der Waals surface area contributed by atoms with Crippen molar-refractivity contribution in [1.82, 2.24) is 14.8 Å². The first-order chi connectivity index (χ1) is 11.2. The Morgan fingerprint density at radius 2 is 1.74 bits per heavy atom. The Bertz CT molecular complexity index is 987. The summed E-state index contributed by atoms with van der Waals surface area (Å²) in [7, 11) is 1.94. The summed E-state index contributed by atoms with van der Waals surface area (Å²) in [6.07, 6.45) is 0. The average molecular weight is 302 g/mol. The molecule has 4 heteroatoms. The molecule has 114 valence electrons. The number of rotatable bonds is 3. The summed E-state index contributed by atoms with van der Waals surface area (Å²) < 4.78 is 1.85. The highest BCUT2D eigenvalue weighted by Gasteiger charge is 2.15. The second-order valence-electron chi connectivity index (χ2n) is 5.75. The molecule has 0 fully saturated rings. The van der Waals surface area contributed by atoms with Crippen molar-refractivity contribution >= 4 is 27.6 Å². The molecule has 0 aliphatic carbocycles. The minimum absolute atomic E-state index is 0.776. The van der Waals surface area contributed by atoms with Crippen LogP contribution in [0.5, 0.6) is 0 Å². The van der Waals surface area contributed by atoms with Crippen molar-refractivity contribution in [3.8, 4) is 0 Å². The standard InChI is InChI=1S/C19H18N4/c1-13-17-18(20-12-14-8-4-3-5-9-14)15-10-6-7-11-16(15)21-19(17)23(2)22-13/h3-11H,12H2,1-2H3,(H,20,21). The van der Waals surface area contributed by atoms with E-state index >= 15 is 0 Å². The number of benzene rings is 2. The molecule has 0 amide bonds. The molecule has 2 aromatic carbocycles. The van der Waals surface area contributed by atoms with Crippen LogP contribution < -0.4 is 5.32 Å². The quantitative estimate of drug-likeness (QED) is 0.621. The summed E-state index contributed by atoms with van der Waals surface area (Å²) >= 11 is 0. The van der Waals surface area contributed by atoms with E-state index in [1.807, 2.05) is 36.9 Å². The van der Waals surface area contributed by atoms with Crippen LogP contribution in [0.25, 0.3) is 21.9 Å². The topological polar surface area (TPSA) is 42.7 Å². The average Bonchev–Trinajstić information content (AvgIpc) is 2.87. The van der Waals surface area contributed by atoms with Crippen LogP contribution >= 0.6 is 0 Å². The van der Waals surface area contributed by atoms with Crippen molar-refractivity contribution in [2.75, 3.05) is 5.32 Å². The Kier molecular flexibility index (Phi) is 3.23. The molecule has 4 rings (SSSR count). The smallest absolute Gasteiger partial charge is 0.160 e. The number of nitrogens with one attached hydrogen (secondary N) is 1. The van der Waals surface area contributed by atoms with Gasteiger partial charge in [-0.05, 0) is 18.6 Å². The zero-order chi connectivity index (χ0) is 15.8. The van der Waals surface area contributed by atoms with Gasteiger partial charge in [-0.1, -0.05) is 48.5 Å². The fourth-order valence-electron chi connectivity index (χ4n) is 3.07. The van der Waals surface area contributed by atoms with Crippen LogP contribution in [0.15, 0.2) is 54.6 Å². The molecular weight excluding hydrogens is 284 g/mol. The van der Waals surface area contributed by atoms with E-state index in [0.717, 1.165) is 39.9 Å². The minimum atomic E-state index is 0.776. The van der Waals surface area contributed by atoms with Gasteiger partial charge in [0.1, 0.15) is 0 Å². The Morgan fingerprint density at radius 1 is 1.00 bits per heavy atom. The third-order valence-corrected chi connectivity index (χ3v) is 4.15. The van der Waals surface area contributed by atoms with Crippen molar-refractivity contribution in [3.05, 3.63) is 65.9 Å². The molecule has 1 N–H and O–H groups in total. The molecule has 0 saturated carbocycles. The summed E-state index contributed by atoms with van der Waals surface area (Å²) in [6.45, 7) is 2.81. The van der Waals surface area contributed by atoms with Crippen LogP contribution in [-0.4, -0.2) is 14.8 Å². The molecule has 0 spiro atoms. The van der Waals surface area contributed by atoms with Gasteiger partial charge in [-0.15, -0.1) is 0 Å². The predicted octanol–water partition coefficient (Wildman–Crippen LogP) is 4.04. The van der Waals surface area contributed by atoms with Crippen molar-refractivity contribution in [3.63, 3.8) is 0 Å². The first kappa shape index (κ1) is 13.8. The van der Waals surface area contributed by atoms with Crippen LogP contribution in [-0.2, 0) is 13.6 Å². The number of hydrogen-bond acceptors (Lipinski definition) is 3. The number of aromatic nitrogens is 3. The first-order valence-corrected chi connectivity index (χ1v) is 7.74. The highest BCUT2D eigenvalue weighted by molar-refractivity contribution is 6.07. The molecular formula is C19H18N4.